The van der Waals surface area contributed by atoms with E-state index in [4.69, 9.17) is 4.98 Å². The van der Waals surface area contributed by atoms with E-state index < -0.39 is 0 Å². The molecule has 116 valence electrons. The molecule has 1 aromatic heterocycles. The Kier molecular flexibility index (Phi) is 4.29. The molecule has 0 radical (unpaired) electrons. The number of hydrogen-bond acceptors (Lipinski definition) is 5. The zero-order chi connectivity index (χ0) is 14.8. The van der Waals surface area contributed by atoms with Crippen LogP contribution < -0.4 is 10.2 Å². The van der Waals surface area contributed by atoms with E-state index in [9.17, 15) is 0 Å². The summed E-state index contributed by atoms with van der Waals surface area (Å²) in [6, 6.07) is 2.98. The van der Waals surface area contributed by atoms with Gasteiger partial charge in [0.2, 0.25) is 0 Å². The number of nitrogens with one attached hydrogen (secondary N) is 1. The number of aromatic nitrogens is 2. The fourth-order valence-electron chi connectivity index (χ4n) is 2.90. The first-order valence-corrected chi connectivity index (χ1v) is 8.29. The van der Waals surface area contributed by atoms with Crippen molar-refractivity contribution in [1.29, 1.82) is 0 Å². The van der Waals surface area contributed by atoms with Gasteiger partial charge in [-0.05, 0) is 19.8 Å². The first kappa shape index (κ1) is 14.6. The highest BCUT2D eigenvalue weighted by molar-refractivity contribution is 5.50. The fourth-order valence-corrected chi connectivity index (χ4v) is 2.90. The zero-order valence-corrected chi connectivity index (χ0v) is 13.5. The highest BCUT2D eigenvalue weighted by Gasteiger charge is 2.31. The Morgan fingerprint density at radius 2 is 1.90 bits per heavy atom. The van der Waals surface area contributed by atoms with E-state index in [0.717, 1.165) is 43.1 Å². The summed E-state index contributed by atoms with van der Waals surface area (Å²) in [5.41, 5.74) is 0. The summed E-state index contributed by atoms with van der Waals surface area (Å²) in [6.45, 7) is 11.8. The van der Waals surface area contributed by atoms with Crippen LogP contribution in [0.4, 0.5) is 11.6 Å². The average molecular weight is 289 g/mol. The molecule has 2 heterocycles. The van der Waals surface area contributed by atoms with E-state index in [-0.39, 0.29) is 0 Å². The van der Waals surface area contributed by atoms with Gasteiger partial charge in [-0.1, -0.05) is 13.8 Å². The molecule has 1 N–H and O–H groups in total. The van der Waals surface area contributed by atoms with Crippen LogP contribution in [-0.2, 0) is 0 Å². The fraction of sp³-hybridized carbons (Fsp3) is 0.750. The van der Waals surface area contributed by atoms with Gasteiger partial charge < -0.3 is 10.2 Å². The van der Waals surface area contributed by atoms with Crippen LogP contribution in [0.3, 0.4) is 0 Å². The summed E-state index contributed by atoms with van der Waals surface area (Å²) in [4.78, 5) is 14.4. The number of hydrogen-bond donors (Lipinski definition) is 1. The molecule has 1 aliphatic heterocycles. The van der Waals surface area contributed by atoms with Gasteiger partial charge >= 0.3 is 0 Å². The number of piperazine rings is 1. The lowest BCUT2D eigenvalue weighted by atomic mass is 10.2. The van der Waals surface area contributed by atoms with Gasteiger partial charge in [-0.2, -0.15) is 0 Å². The predicted octanol–water partition coefficient (Wildman–Crippen LogP) is 2.32. The van der Waals surface area contributed by atoms with Crippen molar-refractivity contribution in [2.24, 2.45) is 0 Å². The molecule has 1 saturated carbocycles. The lowest BCUT2D eigenvalue weighted by Crippen LogP contribution is -2.47. The van der Waals surface area contributed by atoms with Crippen molar-refractivity contribution in [2.75, 3.05) is 42.9 Å². The van der Waals surface area contributed by atoms with Crippen molar-refractivity contribution in [3.05, 3.63) is 11.9 Å². The number of nitrogens with zero attached hydrogens (tertiary/aromatic N) is 4. The third-order valence-corrected chi connectivity index (χ3v) is 4.31. The standard InChI is InChI=1S/C16H27N5/c1-4-17-14-11-15(19-16(18-14)12(2)3)21-9-7-20(8-10-21)13-5-6-13/h11-13H,4-10H2,1-3H3,(H,17,18,19). The molecule has 0 spiro atoms. The van der Waals surface area contributed by atoms with Crippen LogP contribution in [0.2, 0.25) is 0 Å². The number of rotatable bonds is 5. The number of anilines is 2. The molecule has 2 fully saturated rings. The van der Waals surface area contributed by atoms with Crippen LogP contribution in [0.15, 0.2) is 6.07 Å². The van der Waals surface area contributed by atoms with Crippen molar-refractivity contribution >= 4 is 11.6 Å². The second-order valence-corrected chi connectivity index (χ2v) is 6.41. The maximum atomic E-state index is 4.78. The molecule has 1 aliphatic carbocycles. The molecular weight excluding hydrogens is 262 g/mol. The first-order chi connectivity index (χ1) is 10.2. The molecule has 5 heteroatoms. The van der Waals surface area contributed by atoms with E-state index >= 15 is 0 Å². The quantitative estimate of drug-likeness (QED) is 0.901. The first-order valence-electron chi connectivity index (χ1n) is 8.29. The third kappa shape index (κ3) is 3.46. The lowest BCUT2D eigenvalue weighted by Gasteiger charge is -2.35. The van der Waals surface area contributed by atoms with Crippen LogP contribution in [0, 0.1) is 0 Å². The largest absolute Gasteiger partial charge is 0.370 e. The Hall–Kier alpha value is -1.36. The molecule has 1 aromatic rings. The summed E-state index contributed by atoms with van der Waals surface area (Å²) >= 11 is 0. The van der Waals surface area contributed by atoms with Gasteiger partial charge in [0.15, 0.2) is 0 Å². The highest BCUT2D eigenvalue weighted by atomic mass is 15.3. The maximum Gasteiger partial charge on any atom is 0.135 e. The molecule has 1 saturated heterocycles. The van der Waals surface area contributed by atoms with Gasteiger partial charge in [-0.15, -0.1) is 0 Å². The molecule has 0 unspecified atom stereocenters. The van der Waals surface area contributed by atoms with E-state index in [1.54, 1.807) is 0 Å². The molecule has 21 heavy (non-hydrogen) atoms. The minimum absolute atomic E-state index is 0.357. The van der Waals surface area contributed by atoms with Crippen LogP contribution in [-0.4, -0.2) is 53.6 Å². The SMILES string of the molecule is CCNc1cc(N2CCN(C3CC3)CC2)nc(C(C)C)n1. The van der Waals surface area contributed by atoms with E-state index in [2.05, 4.69) is 46.9 Å². The molecule has 3 rings (SSSR count). The Morgan fingerprint density at radius 1 is 1.19 bits per heavy atom. The smallest absolute Gasteiger partial charge is 0.135 e. The van der Waals surface area contributed by atoms with Crippen LogP contribution in [0.5, 0.6) is 0 Å². The molecule has 0 amide bonds. The van der Waals surface area contributed by atoms with Crippen LogP contribution in [0.25, 0.3) is 0 Å². The lowest BCUT2D eigenvalue weighted by molar-refractivity contribution is 0.247. The minimum Gasteiger partial charge on any atom is -0.370 e. The van der Waals surface area contributed by atoms with Gasteiger partial charge in [0.25, 0.3) is 0 Å². The second kappa shape index (κ2) is 6.18. The van der Waals surface area contributed by atoms with Crippen LogP contribution in [0.1, 0.15) is 45.4 Å². The van der Waals surface area contributed by atoms with Gasteiger partial charge in [0.05, 0.1) is 0 Å². The monoisotopic (exact) mass is 289 g/mol. The van der Waals surface area contributed by atoms with Gasteiger partial charge in [0.1, 0.15) is 17.5 Å². The summed E-state index contributed by atoms with van der Waals surface area (Å²) in [5.74, 6) is 3.33. The third-order valence-electron chi connectivity index (χ3n) is 4.31. The minimum atomic E-state index is 0.357. The van der Waals surface area contributed by atoms with Crippen molar-refractivity contribution in [3.63, 3.8) is 0 Å². The Balaban J connectivity index is 1.74. The normalized spacial score (nSPS) is 20.1. The molecule has 0 atom stereocenters. The summed E-state index contributed by atoms with van der Waals surface area (Å²) < 4.78 is 0. The van der Waals surface area contributed by atoms with Gasteiger partial charge in [0, 0.05) is 50.7 Å². The van der Waals surface area contributed by atoms with E-state index in [1.807, 2.05) is 0 Å². The van der Waals surface area contributed by atoms with E-state index in [0.29, 0.717) is 5.92 Å². The topological polar surface area (TPSA) is 44.3 Å². The predicted molar refractivity (Wildman–Crippen MR) is 87.1 cm³/mol. The van der Waals surface area contributed by atoms with Gasteiger partial charge in [-0.3, -0.25) is 4.90 Å². The van der Waals surface area contributed by atoms with Crippen molar-refractivity contribution in [3.8, 4) is 0 Å². The Morgan fingerprint density at radius 3 is 2.48 bits per heavy atom. The molecular formula is C16H27N5. The summed E-state index contributed by atoms with van der Waals surface area (Å²) in [6.07, 6.45) is 2.80. The molecule has 5 nitrogen and oxygen atoms in total. The van der Waals surface area contributed by atoms with Gasteiger partial charge in [-0.25, -0.2) is 9.97 Å². The van der Waals surface area contributed by atoms with E-state index in [1.165, 1.54) is 25.9 Å². The second-order valence-electron chi connectivity index (χ2n) is 6.41. The van der Waals surface area contributed by atoms with Crippen LogP contribution >= 0.6 is 0 Å². The molecule has 0 aromatic carbocycles. The molecule has 2 aliphatic rings. The molecule has 0 bridgehead atoms. The zero-order valence-electron chi connectivity index (χ0n) is 13.5. The highest BCUT2D eigenvalue weighted by Crippen LogP contribution is 2.28. The Labute approximate surface area is 127 Å². The van der Waals surface area contributed by atoms with Crippen molar-refractivity contribution in [2.45, 2.75) is 45.6 Å². The Bertz CT molecular complexity index is 476. The van der Waals surface area contributed by atoms with Crippen molar-refractivity contribution < 1.29 is 0 Å². The van der Waals surface area contributed by atoms with Crippen molar-refractivity contribution in [1.82, 2.24) is 14.9 Å². The maximum absolute atomic E-state index is 4.78. The summed E-state index contributed by atoms with van der Waals surface area (Å²) in [5, 5.41) is 3.33. The average Bonchev–Trinajstić information content (AvgIpc) is 3.32. The summed E-state index contributed by atoms with van der Waals surface area (Å²) in [7, 11) is 0.